The van der Waals surface area contributed by atoms with Crippen LogP contribution in [0, 0.1) is 23.7 Å². The third-order valence-corrected chi connectivity index (χ3v) is 26.1. The number of ketones is 1. The maximum Gasteiger partial charge on any atom is 0.508 e. The Labute approximate surface area is 876 Å². The topological polar surface area (TPSA) is 700 Å². The van der Waals surface area contributed by atoms with Crippen molar-refractivity contribution in [1.82, 2.24) is 16.0 Å². The van der Waals surface area contributed by atoms with Crippen LogP contribution in [0.15, 0.2) is 200 Å². The molecule has 844 valence electrons. The molecule has 38 atom stereocenters. The van der Waals surface area contributed by atoms with E-state index in [1.54, 1.807) is 174 Å². The van der Waals surface area contributed by atoms with Crippen molar-refractivity contribution >= 4 is 42.1 Å². The van der Waals surface area contributed by atoms with Crippen LogP contribution in [0.2, 0.25) is 0 Å². The van der Waals surface area contributed by atoms with Gasteiger partial charge in [0, 0.05) is 88.1 Å². The van der Waals surface area contributed by atoms with Crippen LogP contribution in [-0.2, 0) is 71.3 Å². The molecule has 0 saturated carbocycles. The van der Waals surface area contributed by atoms with Gasteiger partial charge in [-0.05, 0) is 72.6 Å². The Hall–Kier alpha value is -9.44. The van der Waals surface area contributed by atoms with E-state index in [0.717, 1.165) is 0 Å². The molecule has 0 aromatic carbocycles. The summed E-state index contributed by atoms with van der Waals surface area (Å²) in [5.74, 6) is -8.14. The normalized spacial score (nSPS) is 40.7. The Morgan fingerprint density at radius 1 is 0.453 bits per heavy atom. The van der Waals surface area contributed by atoms with E-state index in [4.69, 9.17) is 62.9 Å². The number of aliphatic hydroxyl groups excluding tert-OH is 18. The zero-order valence-electron chi connectivity index (χ0n) is 86.4. The number of fused-ring (bicyclic) bond motifs is 4. The molecule has 4 bridgehead atoms. The lowest BCUT2D eigenvalue weighted by molar-refractivity contribution is -0.303. The fraction of sp³-hybridized carbons (Fsp3) is 0.636. The van der Waals surface area contributed by atoms with E-state index in [0.29, 0.717) is 0 Å². The zero-order chi connectivity index (χ0) is 111. The van der Waals surface area contributed by atoms with Gasteiger partial charge in [0.25, 0.3) is 0 Å². The maximum atomic E-state index is 13.2. The molecule has 0 aliphatic carbocycles. The number of Topliss-reactive ketones (excluding diaryl/α,β-unsaturated/α-hetero) is 1. The first-order chi connectivity index (χ1) is 71.1. The fourth-order valence-electron chi connectivity index (χ4n) is 17.3. The van der Waals surface area contributed by atoms with Gasteiger partial charge in [0.15, 0.2) is 29.9 Å². The predicted octanol–water partition coefficient (Wildman–Crippen LogP) is 3.04. The Bertz CT molecular complexity index is 4530. The van der Waals surface area contributed by atoms with Gasteiger partial charge in [-0.1, -0.05) is 223 Å². The summed E-state index contributed by atoms with van der Waals surface area (Å²) in [6.45, 7) is 19.3. The maximum absolute atomic E-state index is 13.2. The van der Waals surface area contributed by atoms with Crippen LogP contribution in [0.3, 0.4) is 0 Å². The standard InChI is InChI=1S/C55H80N2O20.C52H83N3O18/c1-7-25-71-53(68)57-48-50(66)37(6)74-52(51(48)67)75-41-22-20-18-16-14-12-10-9-11-13-15-17-19-21-34(3)49(65)35(4)36(5)73-46(64)29-39(60)27-38(59)23-24-42(62)43(63)28-40(61)31-55(70)32-45(76-54(69)72-26-8-2)47(56-33-58)44(30-41)77-55;1-31-18-15-13-11-9-7-5-6-8-10-12-14-16-20-39(72-50-49(67)45(53)48(66)34(4)71-50)27-43-46(55-51(68)54-30-36(58)19-17-23-56)42(63)29-52(69,73-43)28-38(60)25-41(62)40(61)22-21-35(57)24-37(59)26-44(64)70-33(3)32(2)47(31)65/h7-22,34-45,47-52,59-63,65-67,70H,1-2,23-32H2,3-6H3,(H,57,68);5-16,18,20,31-35,37-43,45-50,56-57,59-63,65-67,69H,17,19,21-30,53H2,1-4H3,(H2,54,55,68)/b10-9+,13-11+,14-12+,17-15+,18-16+,21-19+,22-20+;6-5+,9-7+,10-8+,13-11+,14-12+,18-15+,20-16+/t34-,35-,36-,37+,38+,39+,40-,41-,42+,43+,44-,45-,47-,48-,49+,50+,51-,52-,55+;31-,32-,33?,34+,35+,37+,38-,39-,40+,41+,42-,43-,45-,46+,47+,48+,49-,50-,52+/m00/s1. The summed E-state index contributed by atoms with van der Waals surface area (Å²) < 4.78 is 63.0. The number of nitrogens with two attached hydrogens (primary N) is 1. The summed E-state index contributed by atoms with van der Waals surface area (Å²) in [7, 11) is 0. The van der Waals surface area contributed by atoms with Crippen molar-refractivity contribution in [3.8, 4) is 0 Å². The number of carbonyl (C=O) groups is 6. The lowest BCUT2D eigenvalue weighted by Crippen LogP contribution is -2.64. The van der Waals surface area contributed by atoms with Crippen LogP contribution in [-0.4, -0.2) is 378 Å². The zero-order valence-corrected chi connectivity index (χ0v) is 86.4. The molecule has 0 radical (unpaired) electrons. The summed E-state index contributed by atoms with van der Waals surface area (Å²) in [6, 6.07) is -6.14. The average Bonchev–Trinajstić information content (AvgIpc) is 1.01. The smallest absolute Gasteiger partial charge is 0.462 e. The highest BCUT2D eigenvalue weighted by Crippen LogP contribution is 2.40. The Kier molecular flexibility index (Phi) is 60.6. The lowest BCUT2D eigenvalue weighted by Gasteiger charge is -2.46. The van der Waals surface area contributed by atoms with E-state index >= 15 is 0 Å². The number of isocyanates is 1. The third kappa shape index (κ3) is 48.5. The fourth-order valence-corrected chi connectivity index (χ4v) is 17.3. The van der Waals surface area contributed by atoms with Crippen LogP contribution in [0.1, 0.15) is 171 Å². The molecule has 150 heavy (non-hydrogen) atoms. The molecule has 3 amide bonds. The number of alkyl carbamates (subject to hydrolysis) is 1. The van der Waals surface area contributed by atoms with Crippen LogP contribution in [0.4, 0.5) is 14.4 Å². The average molecular weight is 2130 g/mol. The van der Waals surface area contributed by atoms with Crippen LogP contribution in [0.25, 0.3) is 0 Å². The Morgan fingerprint density at radius 3 is 1.30 bits per heavy atom. The largest absolute Gasteiger partial charge is 0.508 e. The van der Waals surface area contributed by atoms with E-state index in [9.17, 15) is 131 Å². The summed E-state index contributed by atoms with van der Waals surface area (Å²) in [4.78, 5) is 92.1. The van der Waals surface area contributed by atoms with Gasteiger partial charge in [0.1, 0.15) is 55.9 Å². The molecule has 6 aliphatic heterocycles. The molecule has 6 heterocycles. The van der Waals surface area contributed by atoms with Crippen LogP contribution in [0.5, 0.6) is 0 Å². The number of hydrogen-bond donors (Lipinski definition) is 24. The highest BCUT2D eigenvalue weighted by atomic mass is 16.7. The third-order valence-electron chi connectivity index (χ3n) is 26.1. The van der Waals surface area contributed by atoms with E-state index in [1.807, 2.05) is 32.1 Å². The summed E-state index contributed by atoms with van der Waals surface area (Å²) >= 11 is 0. The van der Waals surface area contributed by atoms with Crippen molar-refractivity contribution in [3.05, 3.63) is 195 Å². The molecule has 25 N–H and O–H groups in total. The summed E-state index contributed by atoms with van der Waals surface area (Å²) in [5, 5.41) is 226. The number of aliphatic imine (C=N–C) groups is 1. The second-order valence-corrected chi connectivity index (χ2v) is 38.8. The lowest BCUT2D eigenvalue weighted by atomic mass is 9.87. The number of carbonyl (C=O) groups excluding carboxylic acids is 7. The van der Waals surface area contributed by atoms with E-state index in [1.165, 1.54) is 38.2 Å². The van der Waals surface area contributed by atoms with Crippen molar-refractivity contribution < 1.29 is 188 Å². The second-order valence-electron chi connectivity index (χ2n) is 38.8. The van der Waals surface area contributed by atoms with Crippen LogP contribution >= 0.6 is 0 Å². The number of rotatable bonds is 17. The molecule has 6 aliphatic rings. The molecule has 0 aromatic heterocycles. The second kappa shape index (κ2) is 69.3. The first-order valence-electron chi connectivity index (χ1n) is 50.9. The number of ether oxygens (including phenoxy) is 11. The SMILES string of the molecule is C=CCOC(=O)N[C@@H]1[C@H](O)[C@H](O[C@H]2/C=C/C=C/C=C/C=C/C=C/C=C/C=C/[C@H](C)[C@@H](O)[C@@H](C)[C@H](C)OC(=O)C[C@H](O)C[C@H](O)CC[C@@H](O)[C@H](O)C[C@H](O)C[C@]3(O)C[C@H](OC(=O)OCC=C)[C@@H](N=C=O)[C@H](C2)O3)O[C@H](C)[C@H]1O.CC1OC(=O)C[C@H](O)C[C@H](O)CC[C@@H](O)[C@H](O)C[C@H](O)C[C@]2(O)C[C@H](O)[C@@H](NC(=O)NCC(=O)CCCO)[C@H](C[C@@H](O[C@@H]3O[C@H](C)[C@@H](O)[C@H](N)[C@@H]3O)/C=C/C=C/C=C/C=C/C=C/C=C/C=C/[C@H](C)[C@@H](O)[C@H]1C)O2. The Morgan fingerprint density at radius 2 is 0.860 bits per heavy atom. The highest BCUT2D eigenvalue weighted by molar-refractivity contribution is 5.85. The van der Waals surface area contributed by atoms with Gasteiger partial charge in [-0.2, -0.15) is 4.99 Å². The van der Waals surface area contributed by atoms with E-state index < -0.39 is 307 Å². The number of cyclic esters (lactones) is 2. The van der Waals surface area contributed by atoms with Gasteiger partial charge in [-0.3, -0.25) is 14.4 Å². The number of hydrogen-bond acceptors (Lipinski definition) is 40. The molecule has 4 saturated heterocycles. The molecule has 1 unspecified atom stereocenters. The summed E-state index contributed by atoms with van der Waals surface area (Å²) in [5.41, 5.74) is 6.10. The molecular formula is C107H163N5O38. The molecule has 0 aromatic rings. The van der Waals surface area contributed by atoms with Crippen LogP contribution < -0.4 is 21.7 Å². The number of allylic oxidation sites excluding steroid dienone is 24. The van der Waals surface area contributed by atoms with E-state index in [2.05, 4.69) is 34.1 Å². The molecule has 43 heteroatoms. The van der Waals surface area contributed by atoms with Crippen molar-refractivity contribution in [3.63, 3.8) is 0 Å². The van der Waals surface area contributed by atoms with Crippen molar-refractivity contribution in [1.29, 1.82) is 0 Å². The summed E-state index contributed by atoms with van der Waals surface area (Å²) in [6.07, 6.45) is 7.61. The highest BCUT2D eigenvalue weighted by Gasteiger charge is 2.54. The minimum absolute atomic E-state index is 0.00166. The van der Waals surface area contributed by atoms with E-state index in [-0.39, 0.29) is 102 Å². The van der Waals surface area contributed by atoms with Gasteiger partial charge in [0.2, 0.25) is 6.08 Å². The van der Waals surface area contributed by atoms with Crippen molar-refractivity contribution in [2.24, 2.45) is 34.4 Å². The van der Waals surface area contributed by atoms with Gasteiger partial charge in [-0.25, -0.2) is 19.2 Å². The first-order valence-corrected chi connectivity index (χ1v) is 50.9. The van der Waals surface area contributed by atoms with Gasteiger partial charge in [0.05, 0.1) is 160 Å². The number of nitrogens with one attached hydrogen (secondary N) is 3. The molecular weight excluding hydrogens is 1960 g/mol. The predicted molar refractivity (Wildman–Crippen MR) is 546 cm³/mol. The minimum atomic E-state index is -2.42. The number of nitrogens with zero attached hydrogens (tertiary/aromatic N) is 1. The van der Waals surface area contributed by atoms with Gasteiger partial charge >= 0.3 is 30.2 Å². The van der Waals surface area contributed by atoms with Gasteiger partial charge in [-0.15, -0.1) is 0 Å². The monoisotopic (exact) mass is 2130 g/mol. The quantitative estimate of drug-likeness (QED) is 0.0327. The van der Waals surface area contributed by atoms with Crippen molar-refractivity contribution in [2.45, 2.75) is 378 Å². The number of urea groups is 1. The molecule has 43 nitrogen and oxygen atoms in total. The molecule has 4 fully saturated rings. The van der Waals surface area contributed by atoms with Gasteiger partial charge < -0.3 is 176 Å². The first kappa shape index (κ1) is 131. The molecule has 0 spiro atoms. The Balaban J connectivity index is 0.000000528. The van der Waals surface area contributed by atoms with Crippen molar-refractivity contribution in [2.75, 3.05) is 26.4 Å². The molecule has 6 rings (SSSR count). The number of aliphatic hydroxyl groups is 20. The number of esters is 2. The number of amides is 3. The minimum Gasteiger partial charge on any atom is -0.462 e.